The van der Waals surface area contributed by atoms with Crippen LogP contribution in [0.1, 0.15) is 12.5 Å². The number of benzene rings is 1. The highest BCUT2D eigenvalue weighted by molar-refractivity contribution is 6.32. The first-order chi connectivity index (χ1) is 11.1. The highest BCUT2D eigenvalue weighted by Gasteiger charge is 2.40. The van der Waals surface area contributed by atoms with Crippen LogP contribution in [0, 0.1) is 12.8 Å². The topological polar surface area (TPSA) is 88.1 Å². The van der Waals surface area contributed by atoms with Crippen molar-refractivity contribution < 1.29 is 19.1 Å². The van der Waals surface area contributed by atoms with Crippen molar-refractivity contribution in [3.63, 3.8) is 0 Å². The molecule has 2 rings (SSSR count). The first kappa shape index (κ1) is 16.8. The summed E-state index contributed by atoms with van der Waals surface area (Å²) in [6.07, 6.45) is 1.27. The molecule has 1 atom stereocenters. The van der Waals surface area contributed by atoms with Crippen molar-refractivity contribution in [2.45, 2.75) is 13.8 Å². The standard InChI is InChI=1S/C16H19N3O4/c1-3-23-9-8-17-10-12-14(20)18-16(22)19(15(12)21)13-7-5-4-6-11(13)2/h4-7,10,12H,3,8-9H2,1-2H3,(H,18,20,22). The minimum atomic E-state index is -1.12. The lowest BCUT2D eigenvalue weighted by Gasteiger charge is -2.29. The van der Waals surface area contributed by atoms with Gasteiger partial charge in [-0.2, -0.15) is 0 Å². The summed E-state index contributed by atoms with van der Waals surface area (Å²) in [7, 11) is 0. The number of imide groups is 2. The molecule has 0 aromatic heterocycles. The van der Waals surface area contributed by atoms with Crippen LogP contribution in [0.4, 0.5) is 10.5 Å². The molecule has 0 radical (unpaired) electrons. The fourth-order valence-corrected chi connectivity index (χ4v) is 2.21. The molecule has 1 fully saturated rings. The fourth-order valence-electron chi connectivity index (χ4n) is 2.21. The van der Waals surface area contributed by atoms with Gasteiger partial charge in [0, 0.05) is 12.8 Å². The first-order valence-corrected chi connectivity index (χ1v) is 7.38. The van der Waals surface area contributed by atoms with Gasteiger partial charge in [0.1, 0.15) is 0 Å². The number of rotatable bonds is 6. The second-order valence-corrected chi connectivity index (χ2v) is 4.98. The van der Waals surface area contributed by atoms with Gasteiger partial charge >= 0.3 is 6.03 Å². The third kappa shape index (κ3) is 3.81. The minimum Gasteiger partial charge on any atom is -0.380 e. The predicted molar refractivity (Wildman–Crippen MR) is 85.5 cm³/mol. The normalized spacial score (nSPS) is 18.6. The lowest BCUT2D eigenvalue weighted by Crippen LogP contribution is -2.58. The highest BCUT2D eigenvalue weighted by atomic mass is 16.5. The monoisotopic (exact) mass is 317 g/mol. The largest absolute Gasteiger partial charge is 0.380 e. The Bertz CT molecular complexity index is 642. The number of nitrogens with zero attached hydrogens (tertiary/aromatic N) is 2. The number of ether oxygens (including phenoxy) is 1. The van der Waals surface area contributed by atoms with Crippen LogP contribution >= 0.6 is 0 Å². The van der Waals surface area contributed by atoms with Crippen molar-refractivity contribution in [2.24, 2.45) is 10.9 Å². The summed E-state index contributed by atoms with van der Waals surface area (Å²) < 4.78 is 5.14. The molecule has 0 bridgehead atoms. The van der Waals surface area contributed by atoms with E-state index >= 15 is 0 Å². The van der Waals surface area contributed by atoms with E-state index < -0.39 is 23.8 Å². The summed E-state index contributed by atoms with van der Waals surface area (Å²) in [6.45, 7) is 5.00. The Morgan fingerprint density at radius 2 is 2.04 bits per heavy atom. The molecular weight excluding hydrogens is 298 g/mol. The number of hydrogen-bond donors (Lipinski definition) is 1. The minimum absolute atomic E-state index is 0.350. The Labute approximate surface area is 134 Å². The lowest BCUT2D eigenvalue weighted by atomic mass is 10.0. The molecule has 7 heteroatoms. The van der Waals surface area contributed by atoms with Crippen molar-refractivity contribution in [3.8, 4) is 0 Å². The molecule has 1 aliphatic rings. The number of hydrogen-bond acceptors (Lipinski definition) is 5. The second kappa shape index (κ2) is 7.64. The SMILES string of the molecule is CCOCCN=CC1C(=O)NC(=O)N(c2ccccc2C)C1=O. The van der Waals surface area contributed by atoms with Crippen LogP contribution in [0.5, 0.6) is 0 Å². The van der Waals surface area contributed by atoms with Gasteiger partial charge in [0.2, 0.25) is 5.91 Å². The number of para-hydroxylation sites is 1. The molecule has 4 amide bonds. The van der Waals surface area contributed by atoms with E-state index in [0.717, 1.165) is 10.5 Å². The highest BCUT2D eigenvalue weighted by Crippen LogP contribution is 2.23. The number of barbiturate groups is 1. The van der Waals surface area contributed by atoms with Gasteiger partial charge in [-0.1, -0.05) is 18.2 Å². The Morgan fingerprint density at radius 3 is 2.74 bits per heavy atom. The Hall–Kier alpha value is -2.54. The zero-order valence-electron chi connectivity index (χ0n) is 13.1. The third-order valence-electron chi connectivity index (χ3n) is 3.38. The average Bonchev–Trinajstić information content (AvgIpc) is 2.51. The molecule has 7 nitrogen and oxygen atoms in total. The number of carbonyl (C=O) groups excluding carboxylic acids is 3. The van der Waals surface area contributed by atoms with Crippen LogP contribution in [0.15, 0.2) is 29.3 Å². The summed E-state index contributed by atoms with van der Waals surface area (Å²) in [6, 6.07) is 6.24. The van der Waals surface area contributed by atoms with Gasteiger partial charge in [-0.05, 0) is 25.5 Å². The third-order valence-corrected chi connectivity index (χ3v) is 3.38. The maximum absolute atomic E-state index is 12.5. The molecule has 1 aliphatic heterocycles. The van der Waals surface area contributed by atoms with E-state index in [0.29, 0.717) is 25.4 Å². The zero-order chi connectivity index (χ0) is 16.8. The average molecular weight is 317 g/mol. The number of aliphatic imine (C=N–C) groups is 1. The van der Waals surface area contributed by atoms with Crippen molar-refractivity contribution in [3.05, 3.63) is 29.8 Å². The first-order valence-electron chi connectivity index (χ1n) is 7.38. The maximum atomic E-state index is 12.5. The number of amides is 4. The van der Waals surface area contributed by atoms with Gasteiger partial charge in [-0.3, -0.25) is 19.9 Å². The van der Waals surface area contributed by atoms with Gasteiger partial charge in [0.25, 0.3) is 5.91 Å². The molecule has 0 spiro atoms. The Kier molecular flexibility index (Phi) is 5.59. The van der Waals surface area contributed by atoms with Gasteiger partial charge in [-0.15, -0.1) is 0 Å². The molecule has 1 saturated heterocycles. The van der Waals surface area contributed by atoms with Crippen LogP contribution in [0.2, 0.25) is 0 Å². The number of urea groups is 1. The van der Waals surface area contributed by atoms with E-state index in [1.165, 1.54) is 6.21 Å². The number of aryl methyl sites for hydroxylation is 1. The van der Waals surface area contributed by atoms with Gasteiger partial charge in [0.05, 0.1) is 18.8 Å². The quantitative estimate of drug-likeness (QED) is 0.486. The fraction of sp³-hybridized carbons (Fsp3) is 0.375. The van der Waals surface area contributed by atoms with E-state index in [9.17, 15) is 14.4 Å². The maximum Gasteiger partial charge on any atom is 0.335 e. The zero-order valence-corrected chi connectivity index (χ0v) is 13.1. The van der Waals surface area contributed by atoms with Gasteiger partial charge in [0.15, 0.2) is 5.92 Å². The van der Waals surface area contributed by atoms with Crippen molar-refractivity contribution in [1.82, 2.24) is 5.32 Å². The molecule has 1 N–H and O–H groups in total. The molecule has 1 aromatic rings. The van der Waals surface area contributed by atoms with E-state index in [2.05, 4.69) is 10.3 Å². The molecule has 0 saturated carbocycles. The van der Waals surface area contributed by atoms with Gasteiger partial charge in [-0.25, -0.2) is 9.69 Å². The Balaban J connectivity index is 2.18. The molecule has 1 aromatic carbocycles. The molecule has 1 unspecified atom stereocenters. The van der Waals surface area contributed by atoms with Crippen LogP contribution < -0.4 is 10.2 Å². The molecule has 1 heterocycles. The number of carbonyl (C=O) groups is 3. The summed E-state index contributed by atoms with van der Waals surface area (Å²) in [5, 5.41) is 2.19. The molecule has 122 valence electrons. The van der Waals surface area contributed by atoms with Crippen LogP contribution in [0.25, 0.3) is 0 Å². The molecule has 0 aliphatic carbocycles. The predicted octanol–water partition coefficient (Wildman–Crippen LogP) is 1.30. The smallest absolute Gasteiger partial charge is 0.335 e. The van der Waals surface area contributed by atoms with Crippen molar-refractivity contribution >= 4 is 29.7 Å². The second-order valence-electron chi connectivity index (χ2n) is 4.98. The lowest BCUT2D eigenvalue weighted by molar-refractivity contribution is -0.131. The van der Waals surface area contributed by atoms with Crippen molar-refractivity contribution in [2.75, 3.05) is 24.7 Å². The van der Waals surface area contributed by atoms with E-state index in [1.807, 2.05) is 13.0 Å². The van der Waals surface area contributed by atoms with Crippen molar-refractivity contribution in [1.29, 1.82) is 0 Å². The molecule has 23 heavy (non-hydrogen) atoms. The summed E-state index contributed by atoms with van der Waals surface area (Å²) in [5.41, 5.74) is 1.22. The van der Waals surface area contributed by atoms with Gasteiger partial charge < -0.3 is 4.74 Å². The summed E-state index contributed by atoms with van der Waals surface area (Å²) in [5.74, 6) is -2.38. The summed E-state index contributed by atoms with van der Waals surface area (Å²) in [4.78, 5) is 41.5. The van der Waals surface area contributed by atoms with Crippen LogP contribution in [-0.2, 0) is 14.3 Å². The summed E-state index contributed by atoms with van der Waals surface area (Å²) >= 11 is 0. The number of nitrogens with one attached hydrogen (secondary N) is 1. The Morgan fingerprint density at radius 1 is 1.30 bits per heavy atom. The van der Waals surface area contributed by atoms with Crippen LogP contribution in [-0.4, -0.2) is 43.8 Å². The molecular formula is C16H19N3O4. The van der Waals surface area contributed by atoms with Crippen LogP contribution in [0.3, 0.4) is 0 Å². The number of anilines is 1. The van der Waals surface area contributed by atoms with E-state index in [4.69, 9.17) is 4.74 Å². The van der Waals surface area contributed by atoms with E-state index in [1.54, 1.807) is 25.1 Å². The van der Waals surface area contributed by atoms with E-state index in [-0.39, 0.29) is 0 Å².